The zero-order valence-corrected chi connectivity index (χ0v) is 11.4. The van der Waals surface area contributed by atoms with E-state index in [1.54, 1.807) is 0 Å². The molecule has 0 heterocycles. The molecule has 0 aliphatic heterocycles. The lowest BCUT2D eigenvalue weighted by Crippen LogP contribution is -2.34. The Balaban J connectivity index is 1.75. The molecule has 1 unspecified atom stereocenters. The maximum atomic E-state index is 6.21. The van der Waals surface area contributed by atoms with Crippen LogP contribution in [0.3, 0.4) is 0 Å². The molecule has 2 aliphatic rings. The number of rotatable bonds is 5. The highest BCUT2D eigenvalue weighted by Crippen LogP contribution is 2.38. The second kappa shape index (κ2) is 5.18. The molecule has 0 N–H and O–H groups in total. The van der Waals surface area contributed by atoms with Crippen LogP contribution < -0.4 is 0 Å². The first-order valence-corrected chi connectivity index (χ1v) is 7.58. The van der Waals surface area contributed by atoms with Gasteiger partial charge in [-0.1, -0.05) is 55.0 Å². The molecule has 0 bridgehead atoms. The van der Waals surface area contributed by atoms with Crippen LogP contribution in [0.1, 0.15) is 51.9 Å². The lowest BCUT2D eigenvalue weighted by Gasteiger charge is -2.35. The van der Waals surface area contributed by atoms with Gasteiger partial charge in [0.05, 0.1) is 12.2 Å². The molecule has 2 rings (SSSR count). The molecular weight excluding hydrogens is 252 g/mol. The molecule has 0 amide bonds. The van der Waals surface area contributed by atoms with Gasteiger partial charge in [-0.25, -0.2) is 0 Å². The van der Waals surface area contributed by atoms with Crippen LogP contribution in [0.2, 0.25) is 0 Å². The van der Waals surface area contributed by atoms with Crippen LogP contribution >= 0.6 is 15.9 Å². The van der Waals surface area contributed by atoms with Crippen molar-refractivity contribution in [3.63, 3.8) is 0 Å². The van der Waals surface area contributed by atoms with Crippen molar-refractivity contribution in [3.05, 3.63) is 0 Å². The van der Waals surface area contributed by atoms with Gasteiger partial charge in [-0.05, 0) is 24.7 Å². The van der Waals surface area contributed by atoms with Gasteiger partial charge in [0.15, 0.2) is 0 Å². The van der Waals surface area contributed by atoms with Crippen molar-refractivity contribution in [2.24, 2.45) is 11.8 Å². The van der Waals surface area contributed by atoms with E-state index >= 15 is 0 Å². The summed E-state index contributed by atoms with van der Waals surface area (Å²) in [6.45, 7) is 3.34. The topological polar surface area (TPSA) is 9.23 Å². The molecule has 1 nitrogen and oxygen atoms in total. The van der Waals surface area contributed by atoms with Crippen LogP contribution in [0.15, 0.2) is 0 Å². The predicted octanol–water partition coefficient (Wildman–Crippen LogP) is 4.15. The second-order valence-corrected chi connectivity index (χ2v) is 6.06. The van der Waals surface area contributed by atoms with Crippen LogP contribution in [-0.2, 0) is 4.74 Å². The molecule has 0 radical (unpaired) electrons. The zero-order chi connectivity index (χ0) is 10.7. The van der Waals surface area contributed by atoms with Crippen molar-refractivity contribution in [3.8, 4) is 0 Å². The molecule has 2 fully saturated rings. The SMILES string of the molecule is CC(COC1(CBr)CCCC1)C1CCC1. The van der Waals surface area contributed by atoms with Crippen molar-refractivity contribution in [1.29, 1.82) is 0 Å². The quantitative estimate of drug-likeness (QED) is 0.685. The van der Waals surface area contributed by atoms with Gasteiger partial charge in [-0.15, -0.1) is 0 Å². The second-order valence-electron chi connectivity index (χ2n) is 5.50. The van der Waals surface area contributed by atoms with E-state index in [1.165, 1.54) is 44.9 Å². The highest BCUT2D eigenvalue weighted by Gasteiger charge is 2.35. The van der Waals surface area contributed by atoms with Gasteiger partial charge in [0.25, 0.3) is 0 Å². The summed E-state index contributed by atoms with van der Waals surface area (Å²) in [4.78, 5) is 0. The van der Waals surface area contributed by atoms with Crippen LogP contribution in [0.4, 0.5) is 0 Å². The third-order valence-electron chi connectivity index (χ3n) is 4.37. The minimum Gasteiger partial charge on any atom is -0.374 e. The number of halogens is 1. The molecule has 1 atom stereocenters. The monoisotopic (exact) mass is 274 g/mol. The normalized spacial score (nSPS) is 27.6. The fourth-order valence-electron chi connectivity index (χ4n) is 2.79. The lowest BCUT2D eigenvalue weighted by molar-refractivity contribution is -0.0505. The van der Waals surface area contributed by atoms with Gasteiger partial charge in [-0.3, -0.25) is 0 Å². The highest BCUT2D eigenvalue weighted by atomic mass is 79.9. The number of alkyl halides is 1. The molecule has 0 aromatic heterocycles. The van der Waals surface area contributed by atoms with Gasteiger partial charge in [0, 0.05) is 5.33 Å². The number of hydrogen-bond acceptors (Lipinski definition) is 1. The van der Waals surface area contributed by atoms with Crippen LogP contribution in [0.5, 0.6) is 0 Å². The summed E-state index contributed by atoms with van der Waals surface area (Å²) in [5, 5.41) is 1.03. The Morgan fingerprint density at radius 3 is 2.40 bits per heavy atom. The Bertz CT molecular complexity index is 195. The van der Waals surface area contributed by atoms with Crippen molar-refractivity contribution in [1.82, 2.24) is 0 Å². The third kappa shape index (κ3) is 2.76. The third-order valence-corrected chi connectivity index (χ3v) is 5.39. The first-order valence-electron chi connectivity index (χ1n) is 6.46. The van der Waals surface area contributed by atoms with Gasteiger partial charge in [0.1, 0.15) is 0 Å². The minimum absolute atomic E-state index is 0.192. The van der Waals surface area contributed by atoms with E-state index in [1.807, 2.05) is 0 Å². The fraction of sp³-hybridized carbons (Fsp3) is 1.00. The molecule has 15 heavy (non-hydrogen) atoms. The Morgan fingerprint density at radius 1 is 1.27 bits per heavy atom. The van der Waals surface area contributed by atoms with E-state index in [0.717, 1.165) is 23.8 Å². The van der Waals surface area contributed by atoms with Gasteiger partial charge in [0.2, 0.25) is 0 Å². The van der Waals surface area contributed by atoms with Crippen LogP contribution in [0, 0.1) is 11.8 Å². The van der Waals surface area contributed by atoms with Gasteiger partial charge in [-0.2, -0.15) is 0 Å². The van der Waals surface area contributed by atoms with Crippen molar-refractivity contribution in [2.75, 3.05) is 11.9 Å². The summed E-state index contributed by atoms with van der Waals surface area (Å²) in [6.07, 6.45) is 9.54. The molecule has 0 spiro atoms. The summed E-state index contributed by atoms with van der Waals surface area (Å²) < 4.78 is 6.21. The highest BCUT2D eigenvalue weighted by molar-refractivity contribution is 9.09. The van der Waals surface area contributed by atoms with Gasteiger partial charge >= 0.3 is 0 Å². The average Bonchev–Trinajstić information content (AvgIpc) is 2.61. The Hall–Kier alpha value is 0.440. The molecular formula is C13H23BrO. The molecule has 88 valence electrons. The Kier molecular flexibility index (Phi) is 4.11. The first kappa shape index (κ1) is 11.9. The van der Waals surface area contributed by atoms with Crippen LogP contribution in [-0.4, -0.2) is 17.5 Å². The van der Waals surface area contributed by atoms with E-state index in [0.29, 0.717) is 0 Å². The van der Waals surface area contributed by atoms with Crippen molar-refractivity contribution >= 4 is 15.9 Å². The van der Waals surface area contributed by atoms with Crippen molar-refractivity contribution in [2.45, 2.75) is 57.5 Å². The largest absolute Gasteiger partial charge is 0.374 e. The smallest absolute Gasteiger partial charge is 0.0779 e. The van der Waals surface area contributed by atoms with E-state index < -0.39 is 0 Å². The fourth-order valence-corrected chi connectivity index (χ4v) is 3.51. The molecule has 2 aliphatic carbocycles. The predicted molar refractivity (Wildman–Crippen MR) is 67.5 cm³/mol. The number of ether oxygens (including phenoxy) is 1. The van der Waals surface area contributed by atoms with Gasteiger partial charge < -0.3 is 4.74 Å². The van der Waals surface area contributed by atoms with E-state index in [2.05, 4.69) is 22.9 Å². The lowest BCUT2D eigenvalue weighted by atomic mass is 9.77. The zero-order valence-electron chi connectivity index (χ0n) is 9.80. The van der Waals surface area contributed by atoms with Crippen molar-refractivity contribution < 1.29 is 4.74 Å². The van der Waals surface area contributed by atoms with E-state index in [4.69, 9.17) is 4.74 Å². The summed E-state index contributed by atoms with van der Waals surface area (Å²) >= 11 is 3.63. The Morgan fingerprint density at radius 2 is 1.93 bits per heavy atom. The van der Waals surface area contributed by atoms with Crippen LogP contribution in [0.25, 0.3) is 0 Å². The molecule has 0 saturated heterocycles. The molecule has 0 aromatic rings. The molecule has 0 aromatic carbocycles. The van der Waals surface area contributed by atoms with E-state index in [9.17, 15) is 0 Å². The molecule has 2 heteroatoms. The average molecular weight is 275 g/mol. The summed E-state index contributed by atoms with van der Waals surface area (Å²) in [5.74, 6) is 1.73. The summed E-state index contributed by atoms with van der Waals surface area (Å²) in [7, 11) is 0. The maximum absolute atomic E-state index is 6.21. The maximum Gasteiger partial charge on any atom is 0.0779 e. The standard InChI is InChI=1S/C13H23BrO/c1-11(12-5-4-6-12)9-15-13(10-14)7-2-3-8-13/h11-12H,2-10H2,1H3. The van der Waals surface area contributed by atoms with E-state index in [-0.39, 0.29) is 5.60 Å². The minimum atomic E-state index is 0.192. The number of hydrogen-bond donors (Lipinski definition) is 0. The molecule has 2 saturated carbocycles. The Labute approximate surface area is 102 Å². The summed E-state index contributed by atoms with van der Waals surface area (Å²) in [6, 6.07) is 0. The summed E-state index contributed by atoms with van der Waals surface area (Å²) in [5.41, 5.74) is 0.192. The first-order chi connectivity index (χ1) is 7.26.